The summed E-state index contributed by atoms with van der Waals surface area (Å²) in [7, 11) is 1.36. The van der Waals surface area contributed by atoms with E-state index in [1.807, 2.05) is 30.3 Å². The van der Waals surface area contributed by atoms with Gasteiger partial charge >= 0.3 is 5.97 Å². The van der Waals surface area contributed by atoms with Gasteiger partial charge in [-0.1, -0.05) is 24.3 Å². The van der Waals surface area contributed by atoms with Gasteiger partial charge in [-0.3, -0.25) is 14.6 Å². The molecule has 0 unspecified atom stereocenters. The Labute approximate surface area is 123 Å². The van der Waals surface area contributed by atoms with Crippen LogP contribution in [-0.2, 0) is 20.7 Å². The predicted octanol–water partition coefficient (Wildman–Crippen LogP) is 1.85. The summed E-state index contributed by atoms with van der Waals surface area (Å²) in [5.41, 5.74) is 1.75. The smallest absolute Gasteiger partial charge is 0.305 e. The van der Waals surface area contributed by atoms with E-state index in [0.29, 0.717) is 19.4 Å². The zero-order valence-electron chi connectivity index (χ0n) is 12.0. The van der Waals surface area contributed by atoms with Crippen LogP contribution >= 0.6 is 0 Å². The highest BCUT2D eigenvalue weighted by Crippen LogP contribution is 2.16. The number of benzene rings is 1. The van der Waals surface area contributed by atoms with Crippen molar-refractivity contribution < 1.29 is 14.3 Å². The number of pyridine rings is 1. The number of ether oxygens (including phenoxy) is 1. The Bertz CT molecular complexity index is 635. The average molecular weight is 286 g/mol. The van der Waals surface area contributed by atoms with Gasteiger partial charge in [0.25, 0.3) is 0 Å². The molecule has 0 aliphatic carbocycles. The SMILES string of the molecule is COC(=O)CCCNC(=O)Cc1cccc2cccnc12. The van der Waals surface area contributed by atoms with Crippen molar-refractivity contribution in [1.82, 2.24) is 10.3 Å². The molecule has 1 heterocycles. The van der Waals surface area contributed by atoms with Crippen molar-refractivity contribution in [3.8, 4) is 0 Å². The lowest BCUT2D eigenvalue weighted by molar-refractivity contribution is -0.140. The quantitative estimate of drug-likeness (QED) is 0.650. The number of methoxy groups -OCH3 is 1. The molecule has 0 fully saturated rings. The second kappa shape index (κ2) is 7.38. The van der Waals surface area contributed by atoms with E-state index in [0.717, 1.165) is 16.5 Å². The normalized spacial score (nSPS) is 10.3. The molecule has 0 aliphatic rings. The van der Waals surface area contributed by atoms with Gasteiger partial charge in [-0.2, -0.15) is 0 Å². The fraction of sp³-hybridized carbons (Fsp3) is 0.312. The minimum atomic E-state index is -0.262. The molecular formula is C16H18N2O3. The first-order valence-corrected chi connectivity index (χ1v) is 6.87. The van der Waals surface area contributed by atoms with E-state index in [1.165, 1.54) is 7.11 Å². The zero-order chi connectivity index (χ0) is 15.1. The highest BCUT2D eigenvalue weighted by molar-refractivity contribution is 5.87. The second-order valence-corrected chi connectivity index (χ2v) is 4.70. The predicted molar refractivity (Wildman–Crippen MR) is 79.7 cm³/mol. The molecule has 0 radical (unpaired) electrons. The van der Waals surface area contributed by atoms with Crippen LogP contribution in [0.4, 0.5) is 0 Å². The van der Waals surface area contributed by atoms with Crippen molar-refractivity contribution in [2.24, 2.45) is 0 Å². The number of esters is 1. The maximum Gasteiger partial charge on any atom is 0.305 e. The lowest BCUT2D eigenvalue weighted by Crippen LogP contribution is -2.26. The van der Waals surface area contributed by atoms with Crippen molar-refractivity contribution in [2.45, 2.75) is 19.3 Å². The Hall–Kier alpha value is -2.43. The molecule has 2 rings (SSSR count). The minimum absolute atomic E-state index is 0.0713. The van der Waals surface area contributed by atoms with E-state index in [9.17, 15) is 9.59 Å². The highest BCUT2D eigenvalue weighted by Gasteiger charge is 2.07. The number of nitrogens with zero attached hydrogens (tertiary/aromatic N) is 1. The van der Waals surface area contributed by atoms with E-state index in [4.69, 9.17) is 0 Å². The van der Waals surface area contributed by atoms with Gasteiger partial charge in [0, 0.05) is 24.5 Å². The number of rotatable bonds is 6. The van der Waals surface area contributed by atoms with Gasteiger partial charge < -0.3 is 10.1 Å². The number of hydrogen-bond donors (Lipinski definition) is 1. The molecule has 0 saturated carbocycles. The summed E-state index contributed by atoms with van der Waals surface area (Å²) in [6.45, 7) is 0.464. The van der Waals surface area contributed by atoms with Crippen LogP contribution in [0.1, 0.15) is 18.4 Å². The number of fused-ring (bicyclic) bond motifs is 1. The fourth-order valence-electron chi connectivity index (χ4n) is 2.11. The number of aromatic nitrogens is 1. The summed E-state index contributed by atoms with van der Waals surface area (Å²) in [5.74, 6) is -0.333. The molecule has 2 aromatic rings. The second-order valence-electron chi connectivity index (χ2n) is 4.70. The van der Waals surface area contributed by atoms with E-state index in [2.05, 4.69) is 15.0 Å². The third-order valence-corrected chi connectivity index (χ3v) is 3.17. The number of para-hydroxylation sites is 1. The maximum absolute atomic E-state index is 11.9. The summed E-state index contributed by atoms with van der Waals surface area (Å²) in [5, 5.41) is 3.82. The molecule has 110 valence electrons. The lowest BCUT2D eigenvalue weighted by Gasteiger charge is -2.07. The Morgan fingerprint density at radius 1 is 1.24 bits per heavy atom. The van der Waals surface area contributed by atoms with Crippen LogP contribution in [0.2, 0.25) is 0 Å². The van der Waals surface area contributed by atoms with Crippen molar-refractivity contribution in [3.05, 3.63) is 42.1 Å². The Balaban J connectivity index is 1.88. The third kappa shape index (κ3) is 4.27. The molecule has 5 heteroatoms. The summed E-state index contributed by atoms with van der Waals surface area (Å²) < 4.78 is 4.54. The summed E-state index contributed by atoms with van der Waals surface area (Å²) in [4.78, 5) is 27.2. The molecule has 0 saturated heterocycles. The van der Waals surface area contributed by atoms with Crippen LogP contribution in [-0.4, -0.2) is 30.5 Å². The monoisotopic (exact) mass is 286 g/mol. The van der Waals surface area contributed by atoms with Crippen molar-refractivity contribution in [2.75, 3.05) is 13.7 Å². The molecule has 1 amide bonds. The molecule has 0 spiro atoms. The van der Waals surface area contributed by atoms with Gasteiger partial charge in [0.2, 0.25) is 5.91 Å². The molecule has 1 aromatic carbocycles. The topological polar surface area (TPSA) is 68.3 Å². The third-order valence-electron chi connectivity index (χ3n) is 3.17. The van der Waals surface area contributed by atoms with Crippen LogP contribution in [0.15, 0.2) is 36.5 Å². The number of amides is 1. The lowest BCUT2D eigenvalue weighted by atomic mass is 10.1. The summed E-state index contributed by atoms with van der Waals surface area (Å²) >= 11 is 0. The zero-order valence-corrected chi connectivity index (χ0v) is 12.0. The first-order valence-electron chi connectivity index (χ1n) is 6.87. The molecule has 0 atom stereocenters. The van der Waals surface area contributed by atoms with Crippen LogP contribution in [0.25, 0.3) is 10.9 Å². The van der Waals surface area contributed by atoms with E-state index in [-0.39, 0.29) is 18.3 Å². The van der Waals surface area contributed by atoms with Crippen LogP contribution in [0.5, 0.6) is 0 Å². The highest BCUT2D eigenvalue weighted by atomic mass is 16.5. The van der Waals surface area contributed by atoms with Crippen LogP contribution in [0, 0.1) is 0 Å². The Morgan fingerprint density at radius 3 is 2.86 bits per heavy atom. The minimum Gasteiger partial charge on any atom is -0.469 e. The molecular weight excluding hydrogens is 268 g/mol. The first kappa shape index (κ1) is 15.0. The van der Waals surface area contributed by atoms with Gasteiger partial charge in [0.1, 0.15) is 0 Å². The number of carbonyl (C=O) groups is 2. The number of nitrogens with one attached hydrogen (secondary N) is 1. The Kier molecular flexibility index (Phi) is 5.26. The van der Waals surface area contributed by atoms with Gasteiger partial charge in [-0.15, -0.1) is 0 Å². The standard InChI is InChI=1S/C16H18N2O3/c1-21-15(20)8-4-9-17-14(19)11-13-6-2-5-12-7-3-10-18-16(12)13/h2-3,5-7,10H,4,8-9,11H2,1H3,(H,17,19). The molecule has 1 aromatic heterocycles. The fourth-order valence-corrected chi connectivity index (χ4v) is 2.11. The van der Waals surface area contributed by atoms with Crippen molar-refractivity contribution in [1.29, 1.82) is 0 Å². The van der Waals surface area contributed by atoms with E-state index >= 15 is 0 Å². The molecule has 0 bridgehead atoms. The summed E-state index contributed by atoms with van der Waals surface area (Å²) in [6, 6.07) is 9.65. The molecule has 0 aliphatic heterocycles. The molecule has 5 nitrogen and oxygen atoms in total. The average Bonchev–Trinajstić information content (AvgIpc) is 2.51. The Morgan fingerprint density at radius 2 is 2.05 bits per heavy atom. The maximum atomic E-state index is 11.9. The van der Waals surface area contributed by atoms with Gasteiger partial charge in [0.15, 0.2) is 0 Å². The number of carbonyl (C=O) groups excluding carboxylic acids is 2. The van der Waals surface area contributed by atoms with Crippen LogP contribution < -0.4 is 5.32 Å². The van der Waals surface area contributed by atoms with Gasteiger partial charge in [-0.05, 0) is 18.1 Å². The van der Waals surface area contributed by atoms with Gasteiger partial charge in [0.05, 0.1) is 19.0 Å². The molecule has 21 heavy (non-hydrogen) atoms. The largest absolute Gasteiger partial charge is 0.469 e. The molecule has 1 N–H and O–H groups in total. The van der Waals surface area contributed by atoms with Crippen molar-refractivity contribution in [3.63, 3.8) is 0 Å². The van der Waals surface area contributed by atoms with E-state index in [1.54, 1.807) is 6.20 Å². The summed E-state index contributed by atoms with van der Waals surface area (Å²) in [6.07, 6.45) is 2.89. The first-order chi connectivity index (χ1) is 10.2. The van der Waals surface area contributed by atoms with Gasteiger partial charge in [-0.25, -0.2) is 0 Å². The van der Waals surface area contributed by atoms with Crippen LogP contribution in [0.3, 0.4) is 0 Å². The number of hydrogen-bond acceptors (Lipinski definition) is 4. The van der Waals surface area contributed by atoms with E-state index < -0.39 is 0 Å². The van der Waals surface area contributed by atoms with Crippen molar-refractivity contribution >= 4 is 22.8 Å².